The fourth-order valence-electron chi connectivity index (χ4n) is 3.10. The number of carbonyl (C=O) groups excluding carboxylic acids is 2. The number of piperazine rings is 1. The standard InChI is InChI=1S/C16H20N2O3/c1-3-16(2)15(20)17-8-14(19)18(16)9-11-10-21-13-7-5-4-6-12(11)13/h4-7,11H,3,8-10H2,1-2H3,(H,17,20). The molecule has 2 aliphatic rings. The molecule has 1 aromatic carbocycles. The quantitative estimate of drug-likeness (QED) is 0.912. The van der Waals surface area contributed by atoms with Crippen molar-refractivity contribution >= 4 is 11.8 Å². The van der Waals surface area contributed by atoms with E-state index >= 15 is 0 Å². The fraction of sp³-hybridized carbons (Fsp3) is 0.500. The van der Waals surface area contributed by atoms with Gasteiger partial charge in [0.1, 0.15) is 11.3 Å². The summed E-state index contributed by atoms with van der Waals surface area (Å²) in [5.74, 6) is 0.914. The van der Waals surface area contributed by atoms with Crippen LogP contribution in [0.3, 0.4) is 0 Å². The fourth-order valence-corrected chi connectivity index (χ4v) is 3.10. The van der Waals surface area contributed by atoms with Crippen LogP contribution in [-0.2, 0) is 9.59 Å². The van der Waals surface area contributed by atoms with Gasteiger partial charge in [-0.25, -0.2) is 0 Å². The molecule has 112 valence electrons. The van der Waals surface area contributed by atoms with Crippen LogP contribution < -0.4 is 10.1 Å². The Morgan fingerprint density at radius 2 is 2.14 bits per heavy atom. The average molecular weight is 288 g/mol. The molecule has 0 radical (unpaired) electrons. The highest BCUT2D eigenvalue weighted by Crippen LogP contribution is 2.36. The zero-order chi connectivity index (χ0) is 15.0. The molecule has 0 saturated carbocycles. The minimum atomic E-state index is -0.771. The Morgan fingerprint density at radius 3 is 2.90 bits per heavy atom. The number of carbonyl (C=O) groups is 2. The highest BCUT2D eigenvalue weighted by molar-refractivity contribution is 5.97. The van der Waals surface area contributed by atoms with Gasteiger partial charge in [-0.05, 0) is 19.4 Å². The first-order valence-electron chi connectivity index (χ1n) is 7.36. The number of nitrogens with one attached hydrogen (secondary N) is 1. The van der Waals surface area contributed by atoms with Gasteiger partial charge in [-0.2, -0.15) is 0 Å². The van der Waals surface area contributed by atoms with E-state index in [4.69, 9.17) is 4.74 Å². The second-order valence-electron chi connectivity index (χ2n) is 5.86. The number of ether oxygens (including phenoxy) is 1. The van der Waals surface area contributed by atoms with E-state index in [1.54, 1.807) is 4.90 Å². The highest BCUT2D eigenvalue weighted by atomic mass is 16.5. The highest BCUT2D eigenvalue weighted by Gasteiger charge is 2.45. The molecule has 0 aliphatic carbocycles. The molecule has 2 amide bonds. The first-order chi connectivity index (χ1) is 10.1. The third-order valence-electron chi connectivity index (χ3n) is 4.68. The van der Waals surface area contributed by atoms with Gasteiger partial charge in [0.15, 0.2) is 0 Å². The Balaban J connectivity index is 1.86. The zero-order valence-corrected chi connectivity index (χ0v) is 12.4. The molecule has 3 rings (SSSR count). The molecule has 21 heavy (non-hydrogen) atoms. The van der Waals surface area contributed by atoms with Crippen molar-refractivity contribution in [1.29, 1.82) is 0 Å². The van der Waals surface area contributed by atoms with E-state index in [0.29, 0.717) is 19.6 Å². The summed E-state index contributed by atoms with van der Waals surface area (Å²) in [6.45, 7) is 4.94. The minimum absolute atomic E-state index is 0.0247. The van der Waals surface area contributed by atoms with Gasteiger partial charge in [0.05, 0.1) is 13.2 Å². The van der Waals surface area contributed by atoms with Crippen LogP contribution in [0.4, 0.5) is 0 Å². The van der Waals surface area contributed by atoms with E-state index in [2.05, 4.69) is 5.32 Å². The summed E-state index contributed by atoms with van der Waals surface area (Å²) in [5.41, 5.74) is 0.349. The first-order valence-corrected chi connectivity index (χ1v) is 7.36. The smallest absolute Gasteiger partial charge is 0.246 e. The average Bonchev–Trinajstić information content (AvgIpc) is 2.91. The maximum Gasteiger partial charge on any atom is 0.246 e. The number of fused-ring (bicyclic) bond motifs is 1. The van der Waals surface area contributed by atoms with Gasteiger partial charge >= 0.3 is 0 Å². The largest absolute Gasteiger partial charge is 0.493 e. The molecule has 2 unspecified atom stereocenters. The van der Waals surface area contributed by atoms with E-state index in [9.17, 15) is 9.59 Å². The molecule has 5 heteroatoms. The normalized spacial score (nSPS) is 28.1. The van der Waals surface area contributed by atoms with Gasteiger partial charge in [0.25, 0.3) is 0 Å². The minimum Gasteiger partial charge on any atom is -0.493 e. The van der Waals surface area contributed by atoms with Gasteiger partial charge in [0, 0.05) is 18.0 Å². The van der Waals surface area contributed by atoms with Crippen molar-refractivity contribution in [3.8, 4) is 5.75 Å². The molecular weight excluding hydrogens is 268 g/mol. The molecule has 1 saturated heterocycles. The Bertz CT molecular complexity index is 587. The van der Waals surface area contributed by atoms with Crippen LogP contribution in [-0.4, -0.2) is 41.9 Å². The third kappa shape index (κ3) is 2.17. The van der Waals surface area contributed by atoms with Crippen molar-refractivity contribution in [3.63, 3.8) is 0 Å². The number of nitrogens with zero attached hydrogens (tertiary/aromatic N) is 1. The maximum atomic E-state index is 12.3. The summed E-state index contributed by atoms with van der Waals surface area (Å²) in [5, 5.41) is 2.69. The molecular formula is C16H20N2O3. The van der Waals surface area contributed by atoms with Crippen LogP contribution in [0.1, 0.15) is 31.7 Å². The van der Waals surface area contributed by atoms with Crippen LogP contribution in [0, 0.1) is 0 Å². The lowest BCUT2D eigenvalue weighted by Gasteiger charge is -2.44. The van der Waals surface area contributed by atoms with E-state index in [1.165, 1.54) is 0 Å². The van der Waals surface area contributed by atoms with Crippen molar-refractivity contribution in [3.05, 3.63) is 29.8 Å². The van der Waals surface area contributed by atoms with Crippen LogP contribution in [0.15, 0.2) is 24.3 Å². The summed E-state index contributed by atoms with van der Waals surface area (Å²) in [6.07, 6.45) is 0.597. The predicted molar refractivity (Wildman–Crippen MR) is 78.1 cm³/mol. The molecule has 2 heterocycles. The third-order valence-corrected chi connectivity index (χ3v) is 4.68. The zero-order valence-electron chi connectivity index (χ0n) is 12.4. The number of rotatable bonds is 3. The summed E-state index contributed by atoms with van der Waals surface area (Å²) >= 11 is 0. The summed E-state index contributed by atoms with van der Waals surface area (Å²) in [6, 6.07) is 7.89. The SMILES string of the molecule is CCC1(C)C(=O)NCC(=O)N1CC1COc2ccccc21. The lowest BCUT2D eigenvalue weighted by molar-refractivity contribution is -0.153. The lowest BCUT2D eigenvalue weighted by Crippen LogP contribution is -2.66. The van der Waals surface area contributed by atoms with Gasteiger partial charge in [0.2, 0.25) is 11.8 Å². The summed E-state index contributed by atoms with van der Waals surface area (Å²) in [4.78, 5) is 26.2. The van der Waals surface area contributed by atoms with Crippen molar-refractivity contribution in [1.82, 2.24) is 10.2 Å². The maximum absolute atomic E-state index is 12.3. The molecule has 2 atom stereocenters. The monoisotopic (exact) mass is 288 g/mol. The van der Waals surface area contributed by atoms with Gasteiger partial charge in [-0.3, -0.25) is 9.59 Å². The Hall–Kier alpha value is -2.04. The first kappa shape index (κ1) is 13.9. The molecule has 1 N–H and O–H groups in total. The summed E-state index contributed by atoms with van der Waals surface area (Å²) in [7, 11) is 0. The molecule has 1 aromatic rings. The molecule has 1 fully saturated rings. The molecule has 2 aliphatic heterocycles. The lowest BCUT2D eigenvalue weighted by atomic mass is 9.90. The molecule has 0 spiro atoms. The van der Waals surface area contributed by atoms with Crippen molar-refractivity contribution in [2.75, 3.05) is 19.7 Å². The molecule has 0 aromatic heterocycles. The Morgan fingerprint density at radius 1 is 1.38 bits per heavy atom. The van der Waals surface area contributed by atoms with E-state index in [1.807, 2.05) is 38.1 Å². The Labute approximate surface area is 124 Å². The van der Waals surface area contributed by atoms with E-state index in [-0.39, 0.29) is 24.3 Å². The number of hydrogen-bond donors (Lipinski definition) is 1. The van der Waals surface area contributed by atoms with Gasteiger partial charge in [-0.1, -0.05) is 25.1 Å². The number of amides is 2. The molecule has 5 nitrogen and oxygen atoms in total. The summed E-state index contributed by atoms with van der Waals surface area (Å²) < 4.78 is 5.68. The van der Waals surface area contributed by atoms with Crippen LogP contribution in [0.5, 0.6) is 5.75 Å². The van der Waals surface area contributed by atoms with Crippen molar-refractivity contribution in [2.24, 2.45) is 0 Å². The number of para-hydroxylation sites is 1. The predicted octanol–water partition coefficient (Wildman–Crippen LogP) is 1.29. The number of hydrogen-bond acceptors (Lipinski definition) is 3. The second kappa shape index (κ2) is 5.06. The van der Waals surface area contributed by atoms with Crippen molar-refractivity contribution < 1.29 is 14.3 Å². The van der Waals surface area contributed by atoms with Crippen LogP contribution in [0.2, 0.25) is 0 Å². The van der Waals surface area contributed by atoms with E-state index in [0.717, 1.165) is 11.3 Å². The van der Waals surface area contributed by atoms with E-state index < -0.39 is 5.54 Å². The van der Waals surface area contributed by atoms with Crippen molar-refractivity contribution in [2.45, 2.75) is 31.7 Å². The second-order valence-corrected chi connectivity index (χ2v) is 5.86. The van der Waals surface area contributed by atoms with Crippen LogP contribution in [0.25, 0.3) is 0 Å². The number of benzene rings is 1. The van der Waals surface area contributed by atoms with Gasteiger partial charge in [-0.15, -0.1) is 0 Å². The van der Waals surface area contributed by atoms with Crippen LogP contribution >= 0.6 is 0 Å². The topological polar surface area (TPSA) is 58.6 Å². The van der Waals surface area contributed by atoms with Gasteiger partial charge < -0.3 is 15.0 Å². The Kier molecular flexibility index (Phi) is 3.35. The molecule has 0 bridgehead atoms.